The van der Waals surface area contributed by atoms with E-state index in [4.69, 9.17) is 18.0 Å². The molecule has 0 aliphatic heterocycles. The number of hydrogen-bond acceptors (Lipinski definition) is 3. The van der Waals surface area contributed by atoms with Gasteiger partial charge in [0.25, 0.3) is 0 Å². The quantitative estimate of drug-likeness (QED) is 0.771. The van der Waals surface area contributed by atoms with Gasteiger partial charge in [0.1, 0.15) is 10.8 Å². The molecule has 0 bridgehead atoms. The molecule has 0 saturated heterocycles. The Morgan fingerprint density at radius 3 is 2.81 bits per heavy atom. The fourth-order valence-corrected chi connectivity index (χ4v) is 1.76. The van der Waals surface area contributed by atoms with E-state index in [0.29, 0.717) is 4.99 Å². The lowest BCUT2D eigenvalue weighted by Crippen LogP contribution is -2.28. The molecule has 1 heterocycles. The van der Waals surface area contributed by atoms with Crippen LogP contribution in [0.3, 0.4) is 0 Å². The lowest BCUT2D eigenvalue weighted by molar-refractivity contribution is 0.723. The number of rotatable bonds is 6. The maximum atomic E-state index is 5.70. The topological polar surface area (TPSA) is 42.2 Å². The van der Waals surface area contributed by atoms with E-state index in [-0.39, 0.29) is 0 Å². The lowest BCUT2D eigenvalue weighted by atomic mass is 10.2. The van der Waals surface area contributed by atoms with Crippen molar-refractivity contribution in [2.24, 2.45) is 5.73 Å². The molecule has 0 saturated carbocycles. The number of pyridine rings is 1. The Hall–Kier alpha value is -1.16. The second-order valence-electron chi connectivity index (χ2n) is 3.67. The molecule has 2 N–H and O–H groups in total. The van der Waals surface area contributed by atoms with Crippen molar-refractivity contribution in [2.45, 2.75) is 26.7 Å². The third-order valence-electron chi connectivity index (χ3n) is 2.51. The zero-order valence-corrected chi connectivity index (χ0v) is 10.8. The SMILES string of the molecule is CCCCN(CC)c1ncccc1C(N)=S. The second kappa shape index (κ2) is 6.43. The average molecular weight is 237 g/mol. The largest absolute Gasteiger partial charge is 0.389 e. The van der Waals surface area contributed by atoms with E-state index in [9.17, 15) is 0 Å². The van der Waals surface area contributed by atoms with Gasteiger partial charge in [-0.05, 0) is 25.5 Å². The summed E-state index contributed by atoms with van der Waals surface area (Å²) in [6.45, 7) is 6.22. The highest BCUT2D eigenvalue weighted by Crippen LogP contribution is 2.17. The van der Waals surface area contributed by atoms with Crippen LogP contribution in [-0.4, -0.2) is 23.1 Å². The highest BCUT2D eigenvalue weighted by atomic mass is 32.1. The zero-order chi connectivity index (χ0) is 12.0. The van der Waals surface area contributed by atoms with E-state index in [0.717, 1.165) is 30.9 Å². The van der Waals surface area contributed by atoms with Crippen molar-refractivity contribution in [2.75, 3.05) is 18.0 Å². The maximum absolute atomic E-state index is 5.70. The van der Waals surface area contributed by atoms with Gasteiger partial charge in [0, 0.05) is 19.3 Å². The first-order chi connectivity index (χ1) is 7.70. The van der Waals surface area contributed by atoms with Crippen molar-refractivity contribution in [1.82, 2.24) is 4.98 Å². The molecule has 4 heteroatoms. The van der Waals surface area contributed by atoms with Crippen molar-refractivity contribution < 1.29 is 0 Å². The third-order valence-corrected chi connectivity index (χ3v) is 2.73. The van der Waals surface area contributed by atoms with Gasteiger partial charge in [0.05, 0.1) is 5.56 Å². The van der Waals surface area contributed by atoms with Crippen molar-refractivity contribution in [3.63, 3.8) is 0 Å². The summed E-state index contributed by atoms with van der Waals surface area (Å²) < 4.78 is 0. The summed E-state index contributed by atoms with van der Waals surface area (Å²) in [7, 11) is 0. The normalized spacial score (nSPS) is 10.1. The van der Waals surface area contributed by atoms with Crippen molar-refractivity contribution in [1.29, 1.82) is 0 Å². The van der Waals surface area contributed by atoms with Gasteiger partial charge in [-0.1, -0.05) is 25.6 Å². The number of nitrogens with two attached hydrogens (primary N) is 1. The van der Waals surface area contributed by atoms with Crippen molar-refractivity contribution in [3.05, 3.63) is 23.9 Å². The van der Waals surface area contributed by atoms with E-state index in [1.807, 2.05) is 12.1 Å². The van der Waals surface area contributed by atoms with Crippen LogP contribution in [0.25, 0.3) is 0 Å². The minimum absolute atomic E-state index is 0.415. The number of aromatic nitrogens is 1. The van der Waals surface area contributed by atoms with Crippen molar-refractivity contribution >= 4 is 23.0 Å². The van der Waals surface area contributed by atoms with Crippen LogP contribution in [0.4, 0.5) is 5.82 Å². The number of anilines is 1. The van der Waals surface area contributed by atoms with Crippen molar-refractivity contribution in [3.8, 4) is 0 Å². The molecule has 0 spiro atoms. The van der Waals surface area contributed by atoms with Crippen LogP contribution >= 0.6 is 12.2 Å². The molecule has 16 heavy (non-hydrogen) atoms. The first-order valence-electron chi connectivity index (χ1n) is 5.70. The lowest BCUT2D eigenvalue weighted by Gasteiger charge is -2.23. The average Bonchev–Trinajstić information content (AvgIpc) is 2.30. The molecule has 1 rings (SSSR count). The monoisotopic (exact) mass is 237 g/mol. The zero-order valence-electron chi connectivity index (χ0n) is 9.94. The van der Waals surface area contributed by atoms with Gasteiger partial charge in [-0.15, -0.1) is 0 Å². The van der Waals surface area contributed by atoms with Crippen LogP contribution in [-0.2, 0) is 0 Å². The fourth-order valence-electron chi connectivity index (χ4n) is 1.60. The molecule has 0 aliphatic carbocycles. The molecule has 1 aromatic rings. The molecule has 0 amide bonds. The Morgan fingerprint density at radius 1 is 1.50 bits per heavy atom. The Morgan fingerprint density at radius 2 is 2.25 bits per heavy atom. The fraction of sp³-hybridized carbons (Fsp3) is 0.500. The predicted octanol–water partition coefficient (Wildman–Crippen LogP) is 2.34. The van der Waals surface area contributed by atoms with Gasteiger partial charge in [-0.2, -0.15) is 0 Å². The summed E-state index contributed by atoms with van der Waals surface area (Å²) >= 11 is 5.04. The molecule has 88 valence electrons. The molecular formula is C12H19N3S. The molecular weight excluding hydrogens is 218 g/mol. The van der Waals surface area contributed by atoms with E-state index < -0.39 is 0 Å². The van der Waals surface area contributed by atoms with Gasteiger partial charge in [0.15, 0.2) is 0 Å². The Balaban J connectivity index is 2.94. The molecule has 0 unspecified atom stereocenters. The minimum Gasteiger partial charge on any atom is -0.389 e. The van der Waals surface area contributed by atoms with Gasteiger partial charge >= 0.3 is 0 Å². The molecule has 0 aliphatic rings. The summed E-state index contributed by atoms with van der Waals surface area (Å²) in [5.74, 6) is 0.908. The number of nitrogens with zero attached hydrogens (tertiary/aromatic N) is 2. The van der Waals surface area contributed by atoms with Crippen LogP contribution in [0.1, 0.15) is 32.3 Å². The van der Waals surface area contributed by atoms with Crippen LogP contribution < -0.4 is 10.6 Å². The summed E-state index contributed by atoms with van der Waals surface area (Å²) in [6, 6.07) is 3.80. The molecule has 0 radical (unpaired) electrons. The van der Waals surface area contributed by atoms with E-state index in [2.05, 4.69) is 23.7 Å². The van der Waals surface area contributed by atoms with Gasteiger partial charge in [-0.25, -0.2) is 4.98 Å². The van der Waals surface area contributed by atoms with E-state index in [1.165, 1.54) is 6.42 Å². The van der Waals surface area contributed by atoms with E-state index >= 15 is 0 Å². The first-order valence-corrected chi connectivity index (χ1v) is 6.11. The van der Waals surface area contributed by atoms with Crippen LogP contribution in [0.5, 0.6) is 0 Å². The Kier molecular flexibility index (Phi) is 5.19. The van der Waals surface area contributed by atoms with Crippen LogP contribution in [0.2, 0.25) is 0 Å². The minimum atomic E-state index is 0.415. The van der Waals surface area contributed by atoms with Gasteiger partial charge in [0.2, 0.25) is 0 Å². The molecule has 1 aromatic heterocycles. The predicted molar refractivity (Wildman–Crippen MR) is 72.9 cm³/mol. The smallest absolute Gasteiger partial charge is 0.138 e. The number of thiocarbonyl (C=S) groups is 1. The molecule has 0 atom stereocenters. The second-order valence-corrected chi connectivity index (χ2v) is 4.11. The third kappa shape index (κ3) is 3.17. The molecule has 0 fully saturated rings. The maximum Gasteiger partial charge on any atom is 0.138 e. The standard InChI is InChI=1S/C12H19N3S/c1-3-5-9-15(4-2)12-10(11(13)16)7-6-8-14-12/h6-8H,3-5,9H2,1-2H3,(H2,13,16). The molecule has 0 aromatic carbocycles. The highest BCUT2D eigenvalue weighted by Gasteiger charge is 2.11. The number of hydrogen-bond donors (Lipinski definition) is 1. The first kappa shape index (κ1) is 12.9. The molecule has 3 nitrogen and oxygen atoms in total. The number of unbranched alkanes of at least 4 members (excludes halogenated alkanes) is 1. The summed E-state index contributed by atoms with van der Waals surface area (Å²) in [5, 5.41) is 0. The van der Waals surface area contributed by atoms with Gasteiger partial charge < -0.3 is 10.6 Å². The van der Waals surface area contributed by atoms with Crippen LogP contribution in [0.15, 0.2) is 18.3 Å². The van der Waals surface area contributed by atoms with Gasteiger partial charge in [-0.3, -0.25) is 0 Å². The Labute approximate surface area is 103 Å². The van der Waals surface area contributed by atoms with Crippen LogP contribution in [0, 0.1) is 0 Å². The summed E-state index contributed by atoms with van der Waals surface area (Å²) in [4.78, 5) is 7.02. The highest BCUT2D eigenvalue weighted by molar-refractivity contribution is 7.80. The summed E-state index contributed by atoms with van der Waals surface area (Å²) in [6.07, 6.45) is 4.11. The summed E-state index contributed by atoms with van der Waals surface area (Å²) in [5.41, 5.74) is 6.57. The van der Waals surface area contributed by atoms with E-state index in [1.54, 1.807) is 6.20 Å². The Bertz CT molecular complexity index is 352.